The average Bonchev–Trinajstić information content (AvgIpc) is 4.35. The van der Waals surface area contributed by atoms with Crippen molar-refractivity contribution in [3.05, 3.63) is 96.1 Å². The van der Waals surface area contributed by atoms with Gasteiger partial charge in [-0.3, -0.25) is 19.2 Å². The summed E-state index contributed by atoms with van der Waals surface area (Å²) >= 11 is 0. The maximum Gasteiger partial charge on any atom is 0.315 e. The molecular weight excluding hydrogens is 1070 g/mol. The van der Waals surface area contributed by atoms with Crippen LogP contribution in [0.3, 0.4) is 0 Å². The highest BCUT2D eigenvalue weighted by molar-refractivity contribution is 5.77. The Bertz CT molecular complexity index is 2390. The van der Waals surface area contributed by atoms with Gasteiger partial charge in [0.15, 0.2) is 0 Å². The molecule has 4 bridgehead atoms. The first-order chi connectivity index (χ1) is 40.1. The maximum atomic E-state index is 11.8. The molecular formula is C64H100N8O12. The second kappa shape index (κ2) is 38.7. The van der Waals surface area contributed by atoms with Gasteiger partial charge in [-0.2, -0.15) is 0 Å². The summed E-state index contributed by atoms with van der Waals surface area (Å²) in [5, 5.41) is 22.0. The van der Waals surface area contributed by atoms with Crippen LogP contribution in [0, 0.1) is 58.2 Å². The first-order valence-electron chi connectivity index (χ1n) is 30.3. The minimum absolute atomic E-state index is 0.0790. The Morgan fingerprint density at radius 2 is 0.762 bits per heavy atom. The number of carbonyl (C=O) groups excluding carboxylic acids is 8. The number of nitrogens with one attached hydrogen (secondary N) is 8. The van der Waals surface area contributed by atoms with Gasteiger partial charge in [-0.05, 0) is 126 Å². The Morgan fingerprint density at radius 1 is 0.440 bits per heavy atom. The Kier molecular flexibility index (Phi) is 32.8. The van der Waals surface area contributed by atoms with Gasteiger partial charge >= 0.3 is 48.0 Å². The predicted molar refractivity (Wildman–Crippen MR) is 325 cm³/mol. The molecule has 4 aliphatic rings. The van der Waals surface area contributed by atoms with Gasteiger partial charge in [-0.15, -0.1) is 0 Å². The topological polar surface area (TPSA) is 270 Å². The van der Waals surface area contributed by atoms with Crippen molar-refractivity contribution < 1.29 is 57.3 Å². The average molecular weight is 1170 g/mol. The molecule has 8 unspecified atom stereocenters. The summed E-state index contributed by atoms with van der Waals surface area (Å²) in [4.78, 5) is 92.7. The third-order valence-electron chi connectivity index (χ3n) is 15.9. The molecule has 20 heteroatoms. The number of ether oxygens (including phenoxy) is 4. The van der Waals surface area contributed by atoms with Crippen LogP contribution in [-0.2, 0) is 51.2 Å². The van der Waals surface area contributed by atoms with E-state index in [9.17, 15) is 38.4 Å². The van der Waals surface area contributed by atoms with Crippen molar-refractivity contribution in [3.63, 3.8) is 0 Å². The molecule has 0 radical (unpaired) electrons. The van der Waals surface area contributed by atoms with Gasteiger partial charge in [-0.1, -0.05) is 127 Å². The lowest BCUT2D eigenvalue weighted by atomic mass is 9.91. The van der Waals surface area contributed by atoms with Crippen molar-refractivity contribution in [3.8, 4) is 0 Å². The molecule has 2 fully saturated rings. The fourth-order valence-electron chi connectivity index (χ4n) is 9.06. The molecule has 0 aromatic heterocycles. The van der Waals surface area contributed by atoms with E-state index in [1.54, 1.807) is 0 Å². The van der Waals surface area contributed by atoms with E-state index in [-0.39, 0.29) is 86.3 Å². The van der Waals surface area contributed by atoms with Crippen LogP contribution in [0.1, 0.15) is 132 Å². The van der Waals surface area contributed by atoms with Crippen LogP contribution in [0.4, 0.5) is 19.2 Å². The molecule has 0 aliphatic heterocycles. The van der Waals surface area contributed by atoms with E-state index in [2.05, 4.69) is 66.8 Å². The largest absolute Gasteiger partial charge is 0.464 e. The molecule has 4 aliphatic carbocycles. The van der Waals surface area contributed by atoms with E-state index in [0.717, 1.165) is 61.7 Å². The van der Waals surface area contributed by atoms with Crippen LogP contribution in [-0.4, -0.2) is 114 Å². The van der Waals surface area contributed by atoms with Gasteiger partial charge in [0.2, 0.25) is 0 Å². The number of allylic oxidation sites excluding steroid dienone is 4. The molecule has 0 spiro atoms. The summed E-state index contributed by atoms with van der Waals surface area (Å²) in [6, 6.07) is 18.4. The Hall–Kier alpha value is -7.12. The molecule has 0 saturated heterocycles. The first-order valence-corrected chi connectivity index (χ1v) is 30.3. The minimum atomic E-state index is -0.477. The van der Waals surface area contributed by atoms with E-state index in [1.807, 2.05) is 130 Å². The van der Waals surface area contributed by atoms with Gasteiger partial charge < -0.3 is 61.5 Å². The van der Waals surface area contributed by atoms with E-state index < -0.39 is 10.8 Å². The fourth-order valence-corrected chi connectivity index (χ4v) is 9.06. The number of hydrogen-bond donors (Lipinski definition) is 8. The van der Waals surface area contributed by atoms with Crippen molar-refractivity contribution in [1.29, 1.82) is 0 Å². The minimum Gasteiger partial charge on any atom is -0.464 e. The van der Waals surface area contributed by atoms with Crippen molar-refractivity contribution in [2.75, 3.05) is 65.7 Å². The lowest BCUT2D eigenvalue weighted by Gasteiger charge is -2.20. The molecule has 8 atom stereocenters. The van der Waals surface area contributed by atoms with Crippen molar-refractivity contribution in [1.82, 2.24) is 42.5 Å². The summed E-state index contributed by atoms with van der Waals surface area (Å²) < 4.78 is 20.4. The summed E-state index contributed by atoms with van der Waals surface area (Å²) in [6.45, 7) is 23.4. The third-order valence-corrected chi connectivity index (χ3v) is 15.9. The molecule has 84 heavy (non-hydrogen) atoms. The van der Waals surface area contributed by atoms with E-state index >= 15 is 0 Å². The third kappa shape index (κ3) is 28.0. The van der Waals surface area contributed by atoms with Crippen LogP contribution in [0.25, 0.3) is 0 Å². The number of fused-ring (bicyclic) bond motifs is 4. The lowest BCUT2D eigenvalue weighted by molar-refractivity contribution is -0.154. The Morgan fingerprint density at radius 3 is 1.05 bits per heavy atom. The maximum absolute atomic E-state index is 11.8. The number of benzene rings is 2. The number of esters is 4. The summed E-state index contributed by atoms with van der Waals surface area (Å²) in [5.41, 5.74) is 1.13. The lowest BCUT2D eigenvalue weighted by Crippen LogP contribution is -2.40. The van der Waals surface area contributed by atoms with E-state index in [0.29, 0.717) is 62.9 Å². The SMILES string of the molecule is CCC(C)(C)C(=O)OCCNC(=O)NCC1CC2C=CC1C2.CCC(C)(C)C(=O)OCCNC(=O)NCc1ccccc1.CCC(C)C(=O)OCCNC(=O)NCC1CC2C=CC1C2.CCC(C)C(=O)OCCNC(=O)NCc1ccccc1. The second-order valence-electron chi connectivity index (χ2n) is 23.2. The number of hydrogen-bond acceptors (Lipinski definition) is 12. The molecule has 8 N–H and O–H groups in total. The first kappa shape index (κ1) is 71.1. The van der Waals surface area contributed by atoms with Gasteiger partial charge in [0.25, 0.3) is 0 Å². The Labute approximate surface area is 499 Å². The highest BCUT2D eigenvalue weighted by Crippen LogP contribution is 2.43. The molecule has 2 aromatic carbocycles. The van der Waals surface area contributed by atoms with Gasteiger partial charge in [0.05, 0.1) is 48.8 Å². The van der Waals surface area contributed by atoms with Crippen molar-refractivity contribution in [2.45, 2.75) is 134 Å². The highest BCUT2D eigenvalue weighted by atomic mass is 16.5. The van der Waals surface area contributed by atoms with Gasteiger partial charge in [0.1, 0.15) is 26.4 Å². The van der Waals surface area contributed by atoms with Crippen molar-refractivity contribution in [2.24, 2.45) is 58.2 Å². The van der Waals surface area contributed by atoms with Crippen LogP contribution in [0.2, 0.25) is 0 Å². The number of rotatable bonds is 28. The number of carbonyl (C=O) groups is 8. The van der Waals surface area contributed by atoms with Crippen LogP contribution in [0.5, 0.6) is 0 Å². The zero-order valence-electron chi connectivity index (χ0n) is 51.7. The smallest absolute Gasteiger partial charge is 0.315 e. The predicted octanol–water partition coefficient (Wildman–Crippen LogP) is 9.10. The van der Waals surface area contributed by atoms with E-state index in [1.165, 1.54) is 25.7 Å². The monoisotopic (exact) mass is 1170 g/mol. The zero-order chi connectivity index (χ0) is 61.9. The molecule has 8 amide bonds. The second-order valence-corrected chi connectivity index (χ2v) is 23.2. The molecule has 2 aromatic rings. The molecule has 468 valence electrons. The molecule has 20 nitrogen and oxygen atoms in total. The highest BCUT2D eigenvalue weighted by Gasteiger charge is 2.36. The molecule has 0 heterocycles. The Balaban J connectivity index is 0.000000294. The quantitative estimate of drug-likeness (QED) is 0.0172. The van der Waals surface area contributed by atoms with Crippen molar-refractivity contribution >= 4 is 48.0 Å². The van der Waals surface area contributed by atoms with Gasteiger partial charge in [0, 0.05) is 26.2 Å². The summed E-state index contributed by atoms with van der Waals surface area (Å²) in [6.07, 6.45) is 17.0. The zero-order valence-corrected chi connectivity index (χ0v) is 51.7. The summed E-state index contributed by atoms with van der Waals surface area (Å²) in [7, 11) is 0. The molecule has 2 saturated carbocycles. The standard InChI is InChI=1S/C17H28N2O3.C16H26N2O3.C16H24N2O3.C15H22N2O3/c1-4-17(2,3)15(20)22-8-7-18-16(21)19-11-14-10-12-5-6-13(14)9-12;1-3-11(2)15(19)21-7-6-17-16(20)18-10-14-9-12-4-5-13(14)8-12;1-4-16(2,3)14(19)21-11-10-17-15(20)18-12-13-8-6-5-7-9-13;1-3-12(2)14(18)20-10-9-16-15(19)17-11-13-7-5-4-6-8-13/h5-6,12-14H,4,7-11H2,1-3H3,(H2,18,19,21);4-5,11-14H,3,6-10H2,1-2H3,(H2,17,18,20);5-9H,4,10-12H2,1-3H3,(H2,17,18,20);4-8,12H,3,9-11H2,1-2H3,(H2,16,17,19). The fraction of sp³-hybridized carbons (Fsp3) is 0.625. The number of amides is 8. The van der Waals surface area contributed by atoms with Crippen LogP contribution in [0.15, 0.2) is 85.0 Å². The van der Waals surface area contributed by atoms with E-state index in [4.69, 9.17) is 18.9 Å². The summed E-state index contributed by atoms with van der Waals surface area (Å²) in [5.74, 6) is 2.83. The number of urea groups is 4. The van der Waals surface area contributed by atoms with Crippen LogP contribution < -0.4 is 42.5 Å². The molecule has 6 rings (SSSR count). The van der Waals surface area contributed by atoms with Gasteiger partial charge in [-0.25, -0.2) is 19.2 Å². The normalized spacial score (nSPS) is 19.1. The van der Waals surface area contributed by atoms with Crippen LogP contribution >= 0.6 is 0 Å².